The maximum absolute atomic E-state index is 12.8. The van der Waals surface area contributed by atoms with E-state index in [0.29, 0.717) is 34.1 Å². The van der Waals surface area contributed by atoms with Crippen LogP contribution in [0.15, 0.2) is 70.9 Å². The zero-order valence-corrected chi connectivity index (χ0v) is 18.9. The molecular formula is C23H23N3O4S2. The van der Waals surface area contributed by atoms with Gasteiger partial charge in [0.25, 0.3) is 21.8 Å². The summed E-state index contributed by atoms with van der Waals surface area (Å²) >= 11 is 1.16. The normalized spacial score (nSPS) is 14.2. The Labute approximate surface area is 191 Å². The molecule has 1 aliphatic rings. The van der Waals surface area contributed by atoms with Gasteiger partial charge in [-0.3, -0.25) is 9.59 Å². The highest BCUT2D eigenvalue weighted by atomic mass is 32.2. The van der Waals surface area contributed by atoms with Crippen LogP contribution in [0.1, 0.15) is 38.4 Å². The Balaban J connectivity index is 1.42. The van der Waals surface area contributed by atoms with E-state index in [1.54, 1.807) is 60.7 Å². The number of hydrogen-bond acceptors (Lipinski definition) is 5. The molecule has 0 atom stereocenters. The summed E-state index contributed by atoms with van der Waals surface area (Å²) < 4.78 is 27.2. The van der Waals surface area contributed by atoms with Crippen molar-refractivity contribution in [1.29, 1.82) is 0 Å². The summed E-state index contributed by atoms with van der Waals surface area (Å²) in [6.45, 7) is 1.30. The van der Waals surface area contributed by atoms with Gasteiger partial charge in [-0.05, 0) is 49.2 Å². The first-order chi connectivity index (χ1) is 15.4. The number of benzene rings is 2. The molecule has 2 N–H and O–H groups in total. The number of sulfonamides is 1. The third-order valence-corrected chi connectivity index (χ3v) is 8.63. The molecule has 3 aromatic rings. The number of nitrogens with zero attached hydrogens (tertiary/aromatic N) is 1. The van der Waals surface area contributed by atoms with Crippen LogP contribution < -0.4 is 10.6 Å². The van der Waals surface area contributed by atoms with Gasteiger partial charge in [0.2, 0.25) is 0 Å². The van der Waals surface area contributed by atoms with Gasteiger partial charge in [0.1, 0.15) is 4.21 Å². The Morgan fingerprint density at radius 1 is 0.875 bits per heavy atom. The quantitative estimate of drug-likeness (QED) is 0.551. The maximum atomic E-state index is 12.8. The van der Waals surface area contributed by atoms with E-state index in [1.165, 1.54) is 4.31 Å². The molecular weight excluding hydrogens is 446 g/mol. The van der Waals surface area contributed by atoms with Gasteiger partial charge in [-0.15, -0.1) is 11.3 Å². The first kappa shape index (κ1) is 22.2. The summed E-state index contributed by atoms with van der Waals surface area (Å²) in [5, 5.41) is 5.59. The maximum Gasteiger partial charge on any atom is 0.255 e. The van der Waals surface area contributed by atoms with Crippen LogP contribution in [-0.2, 0) is 16.6 Å². The van der Waals surface area contributed by atoms with Crippen molar-refractivity contribution in [3.63, 3.8) is 0 Å². The van der Waals surface area contributed by atoms with E-state index in [4.69, 9.17) is 0 Å². The van der Waals surface area contributed by atoms with Gasteiger partial charge >= 0.3 is 0 Å². The Morgan fingerprint density at radius 3 is 2.31 bits per heavy atom. The molecule has 9 heteroatoms. The molecule has 0 radical (unpaired) electrons. The Morgan fingerprint density at radius 2 is 1.56 bits per heavy atom. The molecule has 32 heavy (non-hydrogen) atoms. The van der Waals surface area contributed by atoms with E-state index in [2.05, 4.69) is 10.6 Å². The summed E-state index contributed by atoms with van der Waals surface area (Å²) in [5.74, 6) is -0.660. The van der Waals surface area contributed by atoms with Gasteiger partial charge in [-0.2, -0.15) is 4.31 Å². The minimum Gasteiger partial charge on any atom is -0.347 e. The lowest BCUT2D eigenvalue weighted by Crippen LogP contribution is -2.27. The van der Waals surface area contributed by atoms with Crippen LogP contribution in [0.2, 0.25) is 0 Å². The molecule has 166 valence electrons. The minimum atomic E-state index is -3.46. The zero-order valence-electron chi connectivity index (χ0n) is 17.3. The van der Waals surface area contributed by atoms with Crippen molar-refractivity contribution in [2.45, 2.75) is 23.6 Å². The van der Waals surface area contributed by atoms with Gasteiger partial charge in [-0.1, -0.05) is 30.3 Å². The number of anilines is 1. The second kappa shape index (κ2) is 9.64. The predicted molar refractivity (Wildman–Crippen MR) is 124 cm³/mol. The average Bonchev–Trinajstić information content (AvgIpc) is 3.51. The summed E-state index contributed by atoms with van der Waals surface area (Å²) in [7, 11) is -3.46. The number of para-hydroxylation sites is 1. The van der Waals surface area contributed by atoms with Crippen LogP contribution in [0.4, 0.5) is 5.69 Å². The molecule has 0 unspecified atom stereocenters. The highest BCUT2D eigenvalue weighted by Gasteiger charge is 2.28. The zero-order chi connectivity index (χ0) is 22.6. The Bertz CT molecular complexity index is 1220. The molecule has 0 saturated carbocycles. The lowest BCUT2D eigenvalue weighted by atomic mass is 10.1. The summed E-state index contributed by atoms with van der Waals surface area (Å²) in [6, 6.07) is 18.8. The standard InChI is InChI=1S/C23H23N3O4S2/c27-22(17-8-2-1-3-9-17)25-20-11-5-4-10-19(20)23(28)24-16-18-12-13-21(31-18)32(29,30)26-14-6-7-15-26/h1-5,8-13H,6-7,14-16H2,(H,24,28)(H,25,27). The van der Waals surface area contributed by atoms with Crippen molar-refractivity contribution in [3.05, 3.63) is 82.7 Å². The van der Waals surface area contributed by atoms with Gasteiger partial charge in [-0.25, -0.2) is 8.42 Å². The molecule has 7 nitrogen and oxygen atoms in total. The van der Waals surface area contributed by atoms with Crippen molar-refractivity contribution < 1.29 is 18.0 Å². The molecule has 1 aromatic heterocycles. The van der Waals surface area contributed by atoms with Crippen LogP contribution in [0.25, 0.3) is 0 Å². The topological polar surface area (TPSA) is 95.6 Å². The molecule has 1 saturated heterocycles. The van der Waals surface area contributed by atoms with Crippen LogP contribution in [-0.4, -0.2) is 37.6 Å². The highest BCUT2D eigenvalue weighted by Crippen LogP contribution is 2.27. The van der Waals surface area contributed by atoms with Crippen molar-refractivity contribution in [1.82, 2.24) is 9.62 Å². The molecule has 1 aliphatic heterocycles. The van der Waals surface area contributed by atoms with Gasteiger partial charge in [0.05, 0.1) is 17.8 Å². The number of carbonyl (C=O) groups is 2. The smallest absolute Gasteiger partial charge is 0.255 e. The molecule has 4 rings (SSSR count). The van der Waals surface area contributed by atoms with E-state index in [-0.39, 0.29) is 18.4 Å². The number of amides is 2. The van der Waals surface area contributed by atoms with E-state index < -0.39 is 10.0 Å². The van der Waals surface area contributed by atoms with Crippen molar-refractivity contribution in [2.75, 3.05) is 18.4 Å². The predicted octanol–water partition coefficient (Wildman–Crippen LogP) is 3.71. The molecule has 0 spiro atoms. The fourth-order valence-electron chi connectivity index (χ4n) is 3.48. The average molecular weight is 470 g/mol. The molecule has 2 heterocycles. The van der Waals surface area contributed by atoms with Crippen LogP contribution in [0, 0.1) is 0 Å². The van der Waals surface area contributed by atoms with E-state index in [0.717, 1.165) is 29.1 Å². The summed E-state index contributed by atoms with van der Waals surface area (Å²) in [4.78, 5) is 26.0. The number of nitrogens with one attached hydrogen (secondary N) is 2. The fraction of sp³-hybridized carbons (Fsp3) is 0.217. The third kappa shape index (κ3) is 4.90. The van der Waals surface area contributed by atoms with E-state index >= 15 is 0 Å². The van der Waals surface area contributed by atoms with Gasteiger partial charge in [0, 0.05) is 23.5 Å². The number of rotatable bonds is 7. The largest absolute Gasteiger partial charge is 0.347 e. The molecule has 0 aliphatic carbocycles. The SMILES string of the molecule is O=C(Nc1ccccc1C(=O)NCc1ccc(S(=O)(=O)N2CCCC2)s1)c1ccccc1. The first-order valence-corrected chi connectivity index (χ1v) is 12.5. The second-order valence-corrected chi connectivity index (χ2v) is 10.7. The Hall–Kier alpha value is -3.01. The van der Waals surface area contributed by atoms with E-state index in [1.807, 2.05) is 6.07 Å². The molecule has 0 bridgehead atoms. The van der Waals surface area contributed by atoms with Crippen molar-refractivity contribution in [2.24, 2.45) is 0 Å². The summed E-state index contributed by atoms with van der Waals surface area (Å²) in [6.07, 6.45) is 1.77. The number of thiophene rings is 1. The lowest BCUT2D eigenvalue weighted by molar-refractivity contribution is 0.0952. The summed E-state index contributed by atoms with van der Waals surface area (Å²) in [5.41, 5.74) is 1.23. The van der Waals surface area contributed by atoms with Crippen molar-refractivity contribution in [3.8, 4) is 0 Å². The van der Waals surface area contributed by atoms with Gasteiger partial charge in [0.15, 0.2) is 0 Å². The highest BCUT2D eigenvalue weighted by molar-refractivity contribution is 7.91. The fourth-order valence-corrected chi connectivity index (χ4v) is 6.45. The number of hydrogen-bond donors (Lipinski definition) is 2. The van der Waals surface area contributed by atoms with Gasteiger partial charge < -0.3 is 10.6 Å². The molecule has 2 aromatic carbocycles. The second-order valence-electron chi connectivity index (χ2n) is 7.38. The lowest BCUT2D eigenvalue weighted by Gasteiger charge is -2.13. The number of carbonyl (C=O) groups excluding carboxylic acids is 2. The van der Waals surface area contributed by atoms with Crippen LogP contribution in [0.3, 0.4) is 0 Å². The van der Waals surface area contributed by atoms with Crippen molar-refractivity contribution >= 4 is 38.9 Å². The Kier molecular flexibility index (Phi) is 6.69. The molecule has 1 fully saturated rings. The minimum absolute atomic E-state index is 0.194. The first-order valence-electron chi connectivity index (χ1n) is 10.3. The van der Waals surface area contributed by atoms with E-state index in [9.17, 15) is 18.0 Å². The molecule has 2 amide bonds. The third-order valence-electron chi connectivity index (χ3n) is 5.18. The monoisotopic (exact) mass is 469 g/mol. The van der Waals surface area contributed by atoms with Crippen LogP contribution >= 0.6 is 11.3 Å². The van der Waals surface area contributed by atoms with Crippen LogP contribution in [0.5, 0.6) is 0 Å².